The molecule has 2 heteroatoms. The minimum atomic E-state index is 0.290. The van der Waals surface area contributed by atoms with Crippen LogP contribution in [0.3, 0.4) is 0 Å². The number of thiocarbonyl (C=S) groups is 1. The van der Waals surface area contributed by atoms with Crippen LogP contribution in [0.4, 0.5) is 0 Å². The molecule has 0 atom stereocenters. The van der Waals surface area contributed by atoms with E-state index in [9.17, 15) is 0 Å². The van der Waals surface area contributed by atoms with E-state index in [1.54, 1.807) is 12.1 Å². The molecule has 1 rings (SSSR count). The third-order valence-electron chi connectivity index (χ3n) is 1.67. The molecule has 0 aliphatic carbocycles. The number of benzene rings is 1. The van der Waals surface area contributed by atoms with Crippen LogP contribution >= 0.6 is 12.2 Å². The molecule has 0 amide bonds. The number of aromatic hydroxyl groups is 1. The molecule has 0 heterocycles. The van der Waals surface area contributed by atoms with E-state index in [1.165, 1.54) is 0 Å². The average Bonchev–Trinajstić information content (AvgIpc) is 2.06. The Hall–Kier alpha value is -0.890. The SMILES string of the molecule is CCCC(=S)c1ccc(O)cc1. The van der Waals surface area contributed by atoms with Crippen LogP contribution in [0.25, 0.3) is 0 Å². The molecule has 0 spiro atoms. The molecule has 0 saturated heterocycles. The standard InChI is InChI=1S/C10H12OS/c1-2-3-10(12)8-4-6-9(11)7-5-8/h4-7,11H,2-3H2,1H3. The molecule has 0 bridgehead atoms. The van der Waals surface area contributed by atoms with E-state index in [1.807, 2.05) is 12.1 Å². The van der Waals surface area contributed by atoms with E-state index in [4.69, 9.17) is 17.3 Å². The van der Waals surface area contributed by atoms with Gasteiger partial charge in [-0.15, -0.1) is 0 Å². The van der Waals surface area contributed by atoms with Crippen molar-refractivity contribution in [3.63, 3.8) is 0 Å². The predicted octanol–water partition coefficient (Wildman–Crippen LogP) is 2.91. The van der Waals surface area contributed by atoms with Crippen molar-refractivity contribution in [1.82, 2.24) is 0 Å². The molecule has 1 aromatic rings. The zero-order chi connectivity index (χ0) is 8.97. The fourth-order valence-corrected chi connectivity index (χ4v) is 1.36. The van der Waals surface area contributed by atoms with Gasteiger partial charge in [-0.3, -0.25) is 0 Å². The number of hydrogen-bond donors (Lipinski definition) is 1. The summed E-state index contributed by atoms with van der Waals surface area (Å²) in [4.78, 5) is 0.970. The monoisotopic (exact) mass is 180 g/mol. The van der Waals surface area contributed by atoms with E-state index < -0.39 is 0 Å². The first kappa shape index (κ1) is 9.20. The van der Waals surface area contributed by atoms with Gasteiger partial charge in [0, 0.05) is 4.86 Å². The quantitative estimate of drug-likeness (QED) is 0.570. The molecule has 1 nitrogen and oxygen atoms in total. The Bertz CT molecular complexity index is 264. The van der Waals surface area contributed by atoms with Crippen molar-refractivity contribution in [2.45, 2.75) is 19.8 Å². The van der Waals surface area contributed by atoms with Crippen LogP contribution in [-0.2, 0) is 0 Å². The minimum Gasteiger partial charge on any atom is -0.508 e. The molecule has 0 aliphatic rings. The Morgan fingerprint density at radius 1 is 1.33 bits per heavy atom. The second-order valence-corrected chi connectivity index (χ2v) is 3.21. The highest BCUT2D eigenvalue weighted by Gasteiger charge is 1.98. The first-order valence-corrected chi connectivity index (χ1v) is 4.47. The normalized spacial score (nSPS) is 9.75. The number of rotatable bonds is 3. The zero-order valence-corrected chi connectivity index (χ0v) is 7.90. The highest BCUT2D eigenvalue weighted by molar-refractivity contribution is 7.80. The molecule has 0 aliphatic heterocycles. The lowest BCUT2D eigenvalue weighted by molar-refractivity contribution is 0.475. The van der Waals surface area contributed by atoms with Gasteiger partial charge in [-0.2, -0.15) is 0 Å². The van der Waals surface area contributed by atoms with Crippen molar-refractivity contribution >= 4 is 17.1 Å². The fraction of sp³-hybridized carbons (Fsp3) is 0.300. The molecule has 1 aromatic carbocycles. The summed E-state index contributed by atoms with van der Waals surface area (Å²) in [6.45, 7) is 2.10. The Morgan fingerprint density at radius 2 is 1.92 bits per heavy atom. The lowest BCUT2D eigenvalue weighted by Crippen LogP contribution is -1.94. The van der Waals surface area contributed by atoms with Gasteiger partial charge < -0.3 is 5.11 Å². The van der Waals surface area contributed by atoms with Crippen LogP contribution in [0.5, 0.6) is 5.75 Å². The van der Waals surface area contributed by atoms with Crippen LogP contribution < -0.4 is 0 Å². The summed E-state index contributed by atoms with van der Waals surface area (Å²) < 4.78 is 0. The maximum atomic E-state index is 9.03. The number of hydrogen-bond acceptors (Lipinski definition) is 2. The molecule has 0 saturated carbocycles. The van der Waals surface area contributed by atoms with Crippen molar-refractivity contribution in [3.05, 3.63) is 29.8 Å². The van der Waals surface area contributed by atoms with E-state index in [0.717, 1.165) is 23.3 Å². The molecule has 12 heavy (non-hydrogen) atoms. The van der Waals surface area contributed by atoms with Crippen LogP contribution in [0.2, 0.25) is 0 Å². The topological polar surface area (TPSA) is 20.2 Å². The Morgan fingerprint density at radius 3 is 2.42 bits per heavy atom. The largest absolute Gasteiger partial charge is 0.508 e. The maximum absolute atomic E-state index is 9.03. The van der Waals surface area contributed by atoms with Crippen LogP contribution in [0.15, 0.2) is 24.3 Å². The number of phenols is 1. The molecule has 0 fully saturated rings. The van der Waals surface area contributed by atoms with Crippen LogP contribution in [0.1, 0.15) is 25.3 Å². The van der Waals surface area contributed by atoms with E-state index >= 15 is 0 Å². The molecular weight excluding hydrogens is 168 g/mol. The maximum Gasteiger partial charge on any atom is 0.115 e. The van der Waals surface area contributed by atoms with Crippen molar-refractivity contribution < 1.29 is 5.11 Å². The summed E-state index contributed by atoms with van der Waals surface area (Å²) >= 11 is 5.18. The highest BCUT2D eigenvalue weighted by atomic mass is 32.1. The van der Waals surface area contributed by atoms with Crippen molar-refractivity contribution in [2.24, 2.45) is 0 Å². The van der Waals surface area contributed by atoms with Crippen LogP contribution in [0, 0.1) is 0 Å². The van der Waals surface area contributed by atoms with Crippen molar-refractivity contribution in [1.29, 1.82) is 0 Å². The third-order valence-corrected chi connectivity index (χ3v) is 2.11. The lowest BCUT2D eigenvalue weighted by atomic mass is 10.1. The van der Waals surface area contributed by atoms with Crippen molar-refractivity contribution in [2.75, 3.05) is 0 Å². The smallest absolute Gasteiger partial charge is 0.115 e. The molecule has 64 valence electrons. The zero-order valence-electron chi connectivity index (χ0n) is 7.08. The summed E-state index contributed by atoms with van der Waals surface area (Å²) in [5, 5.41) is 9.03. The van der Waals surface area contributed by atoms with Gasteiger partial charge in [-0.05, 0) is 24.1 Å². The summed E-state index contributed by atoms with van der Waals surface area (Å²) in [5.74, 6) is 0.290. The molecular formula is C10H12OS. The minimum absolute atomic E-state index is 0.290. The van der Waals surface area contributed by atoms with Gasteiger partial charge in [0.2, 0.25) is 0 Å². The van der Waals surface area contributed by atoms with E-state index in [-0.39, 0.29) is 5.75 Å². The van der Waals surface area contributed by atoms with Gasteiger partial charge in [0.1, 0.15) is 5.75 Å². The van der Waals surface area contributed by atoms with Gasteiger partial charge in [0.15, 0.2) is 0 Å². The molecule has 0 aromatic heterocycles. The van der Waals surface area contributed by atoms with Gasteiger partial charge in [-0.1, -0.05) is 37.7 Å². The van der Waals surface area contributed by atoms with Crippen molar-refractivity contribution in [3.8, 4) is 5.75 Å². The number of phenolic OH excluding ortho intramolecular Hbond substituents is 1. The lowest BCUT2D eigenvalue weighted by Gasteiger charge is -2.01. The fourth-order valence-electron chi connectivity index (χ4n) is 1.02. The Labute approximate surface area is 78.0 Å². The average molecular weight is 180 g/mol. The van der Waals surface area contributed by atoms with Crippen LogP contribution in [-0.4, -0.2) is 9.97 Å². The Kier molecular flexibility index (Phi) is 3.23. The third kappa shape index (κ3) is 2.31. The van der Waals surface area contributed by atoms with Gasteiger partial charge in [0.25, 0.3) is 0 Å². The first-order valence-electron chi connectivity index (χ1n) is 4.06. The summed E-state index contributed by atoms with van der Waals surface area (Å²) in [6, 6.07) is 7.04. The second kappa shape index (κ2) is 4.21. The molecule has 0 unspecified atom stereocenters. The predicted molar refractivity (Wildman–Crippen MR) is 54.7 cm³/mol. The second-order valence-electron chi connectivity index (χ2n) is 2.72. The molecule has 1 N–H and O–H groups in total. The first-order chi connectivity index (χ1) is 5.74. The van der Waals surface area contributed by atoms with Gasteiger partial charge >= 0.3 is 0 Å². The summed E-state index contributed by atoms with van der Waals surface area (Å²) in [5.41, 5.74) is 1.05. The molecule has 0 radical (unpaired) electrons. The van der Waals surface area contributed by atoms with E-state index in [0.29, 0.717) is 0 Å². The Balaban J connectivity index is 2.75. The summed E-state index contributed by atoms with van der Waals surface area (Å²) in [6.07, 6.45) is 2.01. The van der Waals surface area contributed by atoms with E-state index in [2.05, 4.69) is 6.92 Å². The summed E-state index contributed by atoms with van der Waals surface area (Å²) in [7, 11) is 0. The van der Waals surface area contributed by atoms with Gasteiger partial charge in [-0.25, -0.2) is 0 Å². The highest BCUT2D eigenvalue weighted by Crippen LogP contribution is 2.12. The van der Waals surface area contributed by atoms with Gasteiger partial charge in [0.05, 0.1) is 0 Å².